The van der Waals surface area contributed by atoms with Crippen molar-refractivity contribution in [1.82, 2.24) is 14.8 Å². The van der Waals surface area contributed by atoms with Crippen LogP contribution in [0.15, 0.2) is 48.8 Å². The lowest BCUT2D eigenvalue weighted by Crippen LogP contribution is -2.13. The van der Waals surface area contributed by atoms with Gasteiger partial charge in [0.05, 0.1) is 16.3 Å². The summed E-state index contributed by atoms with van der Waals surface area (Å²) >= 11 is 12.0. The van der Waals surface area contributed by atoms with E-state index in [4.69, 9.17) is 23.2 Å². The number of hydrogen-bond acceptors (Lipinski definition) is 3. The molecule has 0 atom stereocenters. The van der Waals surface area contributed by atoms with Crippen molar-refractivity contribution >= 4 is 34.8 Å². The molecule has 0 unspecified atom stereocenters. The normalized spacial score (nSPS) is 10.6. The molecule has 23 heavy (non-hydrogen) atoms. The van der Waals surface area contributed by atoms with Crippen LogP contribution in [0.5, 0.6) is 0 Å². The van der Waals surface area contributed by atoms with E-state index in [9.17, 15) is 4.79 Å². The molecule has 0 fully saturated rings. The summed E-state index contributed by atoms with van der Waals surface area (Å²) in [7, 11) is 1.84. The van der Waals surface area contributed by atoms with Crippen LogP contribution in [0, 0.1) is 0 Å². The molecule has 3 rings (SSSR count). The number of halogens is 2. The molecule has 0 radical (unpaired) electrons. The average Bonchev–Trinajstić information content (AvgIpc) is 2.96. The highest BCUT2D eigenvalue weighted by Crippen LogP contribution is 2.27. The highest BCUT2D eigenvalue weighted by atomic mass is 35.5. The molecule has 0 aliphatic rings. The van der Waals surface area contributed by atoms with Crippen LogP contribution < -0.4 is 5.32 Å². The Labute approximate surface area is 142 Å². The summed E-state index contributed by atoms with van der Waals surface area (Å²) in [4.78, 5) is 12.5. The third-order valence-electron chi connectivity index (χ3n) is 3.30. The van der Waals surface area contributed by atoms with Crippen molar-refractivity contribution in [1.29, 1.82) is 0 Å². The van der Waals surface area contributed by atoms with E-state index >= 15 is 0 Å². The minimum Gasteiger partial charge on any atom is -0.321 e. The standard InChI is InChI=1S/C16H12Cl2N4O/c1-22-9-19-21-15(22)11-4-2-3-5-14(11)20-16(23)12-8-10(17)6-7-13(12)18/h2-9H,1H3,(H,20,23). The van der Waals surface area contributed by atoms with Gasteiger partial charge in [-0.1, -0.05) is 35.3 Å². The van der Waals surface area contributed by atoms with Gasteiger partial charge >= 0.3 is 0 Å². The van der Waals surface area contributed by atoms with E-state index in [1.807, 2.05) is 25.2 Å². The number of aryl methyl sites for hydroxylation is 1. The van der Waals surface area contributed by atoms with E-state index in [2.05, 4.69) is 15.5 Å². The molecule has 0 bridgehead atoms. The summed E-state index contributed by atoms with van der Waals surface area (Å²) in [6.45, 7) is 0. The van der Waals surface area contributed by atoms with Crippen LogP contribution in [0.1, 0.15) is 10.4 Å². The van der Waals surface area contributed by atoms with Gasteiger partial charge in [0.2, 0.25) is 0 Å². The number of para-hydroxylation sites is 1. The number of benzene rings is 2. The maximum atomic E-state index is 12.5. The van der Waals surface area contributed by atoms with Gasteiger partial charge in [0.15, 0.2) is 5.82 Å². The summed E-state index contributed by atoms with van der Waals surface area (Å²) < 4.78 is 1.78. The van der Waals surface area contributed by atoms with Gasteiger partial charge in [-0.05, 0) is 30.3 Å². The van der Waals surface area contributed by atoms with E-state index < -0.39 is 0 Å². The van der Waals surface area contributed by atoms with E-state index in [1.165, 1.54) is 6.07 Å². The smallest absolute Gasteiger partial charge is 0.257 e. The lowest BCUT2D eigenvalue weighted by atomic mass is 10.1. The van der Waals surface area contributed by atoms with Crippen molar-refractivity contribution in [3.63, 3.8) is 0 Å². The second-order valence-electron chi connectivity index (χ2n) is 4.89. The number of nitrogens with one attached hydrogen (secondary N) is 1. The van der Waals surface area contributed by atoms with Crippen LogP contribution >= 0.6 is 23.2 Å². The second-order valence-corrected chi connectivity index (χ2v) is 5.73. The zero-order valence-electron chi connectivity index (χ0n) is 12.1. The van der Waals surface area contributed by atoms with Crippen LogP contribution in [0.2, 0.25) is 10.0 Å². The Kier molecular flexibility index (Phi) is 4.32. The fourth-order valence-corrected chi connectivity index (χ4v) is 2.55. The molecule has 0 spiro atoms. The van der Waals surface area contributed by atoms with Crippen molar-refractivity contribution < 1.29 is 4.79 Å². The van der Waals surface area contributed by atoms with Crippen molar-refractivity contribution in [2.45, 2.75) is 0 Å². The zero-order valence-corrected chi connectivity index (χ0v) is 13.6. The lowest BCUT2D eigenvalue weighted by molar-refractivity contribution is 0.102. The first-order chi connectivity index (χ1) is 11.1. The largest absolute Gasteiger partial charge is 0.321 e. The third-order valence-corrected chi connectivity index (χ3v) is 3.87. The monoisotopic (exact) mass is 346 g/mol. The quantitative estimate of drug-likeness (QED) is 0.778. The Hall–Kier alpha value is -2.37. The highest BCUT2D eigenvalue weighted by molar-refractivity contribution is 6.36. The molecule has 0 saturated carbocycles. The van der Waals surface area contributed by atoms with E-state index in [1.54, 1.807) is 29.1 Å². The molecule has 2 aromatic carbocycles. The average molecular weight is 347 g/mol. The summed E-state index contributed by atoms with van der Waals surface area (Å²) in [6.07, 6.45) is 1.60. The van der Waals surface area contributed by atoms with Crippen molar-refractivity contribution in [2.24, 2.45) is 7.05 Å². The number of carbonyl (C=O) groups excluding carboxylic acids is 1. The van der Waals surface area contributed by atoms with E-state index in [0.717, 1.165) is 5.56 Å². The van der Waals surface area contributed by atoms with Gasteiger partial charge in [0.1, 0.15) is 6.33 Å². The van der Waals surface area contributed by atoms with Crippen LogP contribution in [-0.4, -0.2) is 20.7 Å². The number of aromatic nitrogens is 3. The fraction of sp³-hybridized carbons (Fsp3) is 0.0625. The fourth-order valence-electron chi connectivity index (χ4n) is 2.18. The minimum absolute atomic E-state index is 0.312. The molecule has 5 nitrogen and oxygen atoms in total. The molecular formula is C16H12Cl2N4O. The van der Waals surface area contributed by atoms with Gasteiger partial charge in [-0.2, -0.15) is 0 Å². The number of hydrogen-bond donors (Lipinski definition) is 1. The van der Waals surface area contributed by atoms with Crippen LogP contribution in [0.3, 0.4) is 0 Å². The molecule has 0 saturated heterocycles. The molecule has 116 valence electrons. The van der Waals surface area contributed by atoms with Crippen LogP contribution in [-0.2, 0) is 7.05 Å². The van der Waals surface area contributed by atoms with Gasteiger partial charge in [-0.25, -0.2) is 0 Å². The first-order valence-corrected chi connectivity index (χ1v) is 7.51. The number of carbonyl (C=O) groups is 1. The summed E-state index contributed by atoms with van der Waals surface area (Å²) in [5, 5.41) is 11.6. The van der Waals surface area contributed by atoms with E-state index in [0.29, 0.717) is 27.1 Å². The molecule has 0 aliphatic carbocycles. The Morgan fingerprint density at radius 3 is 2.70 bits per heavy atom. The summed E-state index contributed by atoms with van der Waals surface area (Å²) in [5.41, 5.74) is 1.69. The molecule has 3 aromatic rings. The molecule has 1 amide bonds. The molecular weight excluding hydrogens is 335 g/mol. The SMILES string of the molecule is Cn1cnnc1-c1ccccc1NC(=O)c1cc(Cl)ccc1Cl. The molecule has 0 aliphatic heterocycles. The highest BCUT2D eigenvalue weighted by Gasteiger charge is 2.15. The van der Waals surface area contributed by atoms with Gasteiger partial charge in [0, 0.05) is 17.6 Å². The van der Waals surface area contributed by atoms with Gasteiger partial charge < -0.3 is 9.88 Å². The van der Waals surface area contributed by atoms with Crippen molar-refractivity contribution in [3.05, 3.63) is 64.4 Å². The Bertz CT molecular complexity index is 876. The van der Waals surface area contributed by atoms with Gasteiger partial charge in [-0.15, -0.1) is 10.2 Å². The number of nitrogens with zero attached hydrogens (tertiary/aromatic N) is 3. The number of rotatable bonds is 3. The Balaban J connectivity index is 1.96. The minimum atomic E-state index is -0.341. The molecule has 1 N–H and O–H groups in total. The second kappa shape index (κ2) is 6.40. The lowest BCUT2D eigenvalue weighted by Gasteiger charge is -2.11. The first kappa shape index (κ1) is 15.5. The van der Waals surface area contributed by atoms with Crippen LogP contribution in [0.25, 0.3) is 11.4 Å². The summed E-state index contributed by atoms with van der Waals surface area (Å²) in [6, 6.07) is 12.1. The third kappa shape index (κ3) is 3.21. The number of amides is 1. The molecule has 1 aromatic heterocycles. The summed E-state index contributed by atoms with van der Waals surface area (Å²) in [5.74, 6) is 0.310. The zero-order chi connectivity index (χ0) is 16.4. The van der Waals surface area contributed by atoms with Crippen molar-refractivity contribution in [2.75, 3.05) is 5.32 Å². The maximum absolute atomic E-state index is 12.5. The Morgan fingerprint density at radius 2 is 1.96 bits per heavy atom. The number of anilines is 1. The predicted molar refractivity (Wildman–Crippen MR) is 90.9 cm³/mol. The van der Waals surface area contributed by atoms with Gasteiger partial charge in [0.25, 0.3) is 5.91 Å². The maximum Gasteiger partial charge on any atom is 0.257 e. The molecule has 7 heteroatoms. The van der Waals surface area contributed by atoms with Gasteiger partial charge in [-0.3, -0.25) is 4.79 Å². The Morgan fingerprint density at radius 1 is 1.17 bits per heavy atom. The first-order valence-electron chi connectivity index (χ1n) is 6.76. The van der Waals surface area contributed by atoms with E-state index in [-0.39, 0.29) is 5.91 Å². The topological polar surface area (TPSA) is 59.8 Å². The van der Waals surface area contributed by atoms with Crippen molar-refractivity contribution in [3.8, 4) is 11.4 Å². The van der Waals surface area contributed by atoms with Crippen LogP contribution in [0.4, 0.5) is 5.69 Å². The predicted octanol–water partition coefficient (Wildman–Crippen LogP) is 4.04. The molecule has 1 heterocycles.